The van der Waals surface area contributed by atoms with Gasteiger partial charge < -0.3 is 20.1 Å². The predicted molar refractivity (Wildman–Crippen MR) is 90.2 cm³/mol. The number of carbonyl (C=O) groups excluding carboxylic acids is 2. The topological polar surface area (TPSA) is 76.7 Å². The Kier molecular flexibility index (Phi) is 4.64. The minimum atomic E-state index is -0.912. The van der Waals surface area contributed by atoms with E-state index in [-0.39, 0.29) is 11.8 Å². The van der Waals surface area contributed by atoms with Gasteiger partial charge in [0.15, 0.2) is 11.5 Å². The molecule has 1 aromatic carbocycles. The molecule has 3 rings (SSSR count). The fourth-order valence-corrected chi connectivity index (χ4v) is 2.70. The number of carbonyl (C=O) groups is 2. The lowest BCUT2D eigenvalue weighted by atomic mass is 10.0. The number of amides is 2. The fraction of sp³-hybridized carbons (Fsp3) is 0.556. The molecule has 0 unspecified atom stereocenters. The van der Waals surface area contributed by atoms with Crippen LogP contribution in [-0.4, -0.2) is 31.6 Å². The summed E-state index contributed by atoms with van der Waals surface area (Å²) in [7, 11) is 0. The van der Waals surface area contributed by atoms with E-state index in [1.54, 1.807) is 18.2 Å². The third kappa shape index (κ3) is 3.47. The Hall–Kier alpha value is -2.24. The van der Waals surface area contributed by atoms with Crippen LogP contribution in [0.2, 0.25) is 0 Å². The van der Waals surface area contributed by atoms with E-state index in [4.69, 9.17) is 9.47 Å². The molecule has 0 bridgehead atoms. The lowest BCUT2D eigenvalue weighted by Gasteiger charge is -2.20. The zero-order valence-corrected chi connectivity index (χ0v) is 14.2. The zero-order chi connectivity index (χ0) is 17.2. The molecular weight excluding hydrogens is 308 g/mol. The molecule has 1 aliphatic carbocycles. The fourth-order valence-electron chi connectivity index (χ4n) is 2.70. The summed E-state index contributed by atoms with van der Waals surface area (Å²) in [5, 5.41) is 5.73. The molecule has 1 fully saturated rings. The quantitative estimate of drug-likeness (QED) is 0.784. The van der Waals surface area contributed by atoms with E-state index >= 15 is 0 Å². The van der Waals surface area contributed by atoms with Gasteiger partial charge in [-0.2, -0.15) is 0 Å². The van der Waals surface area contributed by atoms with Crippen LogP contribution in [0.15, 0.2) is 18.2 Å². The van der Waals surface area contributed by atoms with Gasteiger partial charge in [-0.1, -0.05) is 13.8 Å². The minimum absolute atomic E-state index is 0.168. The maximum absolute atomic E-state index is 12.6. The van der Waals surface area contributed by atoms with Crippen LogP contribution in [0, 0.1) is 11.3 Å². The average Bonchev–Trinajstić information content (AvgIpc) is 3.36. The highest BCUT2D eigenvalue weighted by Crippen LogP contribution is 2.47. The molecule has 0 radical (unpaired) electrons. The maximum Gasteiger partial charge on any atom is 0.240 e. The van der Waals surface area contributed by atoms with E-state index in [9.17, 15) is 9.59 Å². The van der Waals surface area contributed by atoms with Crippen LogP contribution in [0.1, 0.15) is 33.1 Å². The summed E-state index contributed by atoms with van der Waals surface area (Å²) in [5.41, 5.74) is -0.296. The number of fused-ring (bicyclic) bond motifs is 1. The summed E-state index contributed by atoms with van der Waals surface area (Å²) in [6.07, 6.45) is 2.10. The van der Waals surface area contributed by atoms with Crippen molar-refractivity contribution in [1.29, 1.82) is 0 Å². The van der Waals surface area contributed by atoms with Gasteiger partial charge in [-0.15, -0.1) is 0 Å². The number of ether oxygens (including phenoxy) is 2. The predicted octanol–water partition coefficient (Wildman–Crippen LogP) is 2.34. The Morgan fingerprint density at radius 1 is 1.12 bits per heavy atom. The first-order valence-electron chi connectivity index (χ1n) is 8.51. The van der Waals surface area contributed by atoms with Gasteiger partial charge in [0, 0.05) is 18.3 Å². The molecule has 1 heterocycles. The lowest BCUT2D eigenvalue weighted by molar-refractivity contribution is -0.134. The Morgan fingerprint density at radius 3 is 2.50 bits per heavy atom. The van der Waals surface area contributed by atoms with Crippen molar-refractivity contribution in [2.24, 2.45) is 11.3 Å². The monoisotopic (exact) mass is 332 g/mol. The van der Waals surface area contributed by atoms with Gasteiger partial charge in [0.1, 0.15) is 18.6 Å². The van der Waals surface area contributed by atoms with Crippen molar-refractivity contribution in [2.75, 3.05) is 25.1 Å². The van der Waals surface area contributed by atoms with Gasteiger partial charge in [-0.05, 0) is 37.3 Å². The Morgan fingerprint density at radius 2 is 1.83 bits per heavy atom. The molecule has 0 spiro atoms. The van der Waals surface area contributed by atoms with E-state index in [2.05, 4.69) is 24.5 Å². The number of hydrogen-bond donors (Lipinski definition) is 2. The van der Waals surface area contributed by atoms with Crippen molar-refractivity contribution in [3.05, 3.63) is 18.2 Å². The van der Waals surface area contributed by atoms with Crippen molar-refractivity contribution in [3.63, 3.8) is 0 Å². The van der Waals surface area contributed by atoms with Crippen molar-refractivity contribution in [3.8, 4) is 11.5 Å². The number of rotatable bonds is 6. The van der Waals surface area contributed by atoms with Crippen LogP contribution >= 0.6 is 0 Å². The first-order valence-corrected chi connectivity index (χ1v) is 8.51. The highest BCUT2D eigenvalue weighted by Gasteiger charge is 2.56. The van der Waals surface area contributed by atoms with Crippen molar-refractivity contribution in [2.45, 2.75) is 33.1 Å². The van der Waals surface area contributed by atoms with Crippen molar-refractivity contribution >= 4 is 17.5 Å². The first-order chi connectivity index (χ1) is 11.5. The lowest BCUT2D eigenvalue weighted by Crippen LogP contribution is -2.40. The van der Waals surface area contributed by atoms with Crippen molar-refractivity contribution < 1.29 is 19.1 Å². The van der Waals surface area contributed by atoms with Gasteiger partial charge in [-0.3, -0.25) is 9.59 Å². The molecule has 2 N–H and O–H groups in total. The molecule has 0 saturated heterocycles. The second kappa shape index (κ2) is 6.71. The Labute approximate surface area is 141 Å². The molecule has 2 aliphatic rings. The first kappa shape index (κ1) is 16.6. The number of nitrogens with one attached hydrogen (secondary N) is 2. The Bertz CT molecular complexity index is 638. The van der Waals surface area contributed by atoms with Gasteiger partial charge in [0.05, 0.1) is 0 Å². The summed E-state index contributed by atoms with van der Waals surface area (Å²) < 4.78 is 11.0. The summed E-state index contributed by atoms with van der Waals surface area (Å²) in [4.78, 5) is 24.9. The highest BCUT2D eigenvalue weighted by molar-refractivity contribution is 6.13. The second-order valence-electron chi connectivity index (χ2n) is 6.83. The molecule has 6 nitrogen and oxygen atoms in total. The highest BCUT2D eigenvalue weighted by atomic mass is 16.6. The maximum atomic E-state index is 12.6. The molecule has 130 valence electrons. The van der Waals surface area contributed by atoms with E-state index in [1.807, 2.05) is 0 Å². The number of benzene rings is 1. The van der Waals surface area contributed by atoms with Crippen LogP contribution in [0.25, 0.3) is 0 Å². The molecule has 1 aliphatic heterocycles. The molecule has 1 saturated carbocycles. The normalized spacial score (nSPS) is 17.3. The molecule has 2 amide bonds. The SMILES string of the molecule is CC(C)CCNC(=O)C1(C(=O)Nc2ccc3c(c2)OCCO3)CC1. The molecule has 1 aromatic rings. The third-order valence-corrected chi connectivity index (χ3v) is 4.43. The van der Waals surface area contributed by atoms with Gasteiger partial charge in [-0.25, -0.2) is 0 Å². The minimum Gasteiger partial charge on any atom is -0.486 e. The van der Waals surface area contributed by atoms with E-state index in [1.165, 1.54) is 0 Å². The number of hydrogen-bond acceptors (Lipinski definition) is 4. The standard InChI is InChI=1S/C18H24N2O4/c1-12(2)5-8-19-16(21)18(6-7-18)17(22)20-13-3-4-14-15(11-13)24-10-9-23-14/h3-4,11-12H,5-10H2,1-2H3,(H,19,21)(H,20,22). The second-order valence-corrected chi connectivity index (χ2v) is 6.83. The number of anilines is 1. The van der Waals surface area contributed by atoms with Gasteiger partial charge in [0.25, 0.3) is 0 Å². The smallest absolute Gasteiger partial charge is 0.240 e. The molecule has 0 atom stereocenters. The van der Waals surface area contributed by atoms with E-state index in [0.717, 1.165) is 6.42 Å². The van der Waals surface area contributed by atoms with E-state index in [0.29, 0.717) is 55.7 Å². The third-order valence-electron chi connectivity index (χ3n) is 4.43. The van der Waals surface area contributed by atoms with Crippen LogP contribution < -0.4 is 20.1 Å². The van der Waals surface area contributed by atoms with Crippen LogP contribution in [0.5, 0.6) is 11.5 Å². The van der Waals surface area contributed by atoms with Crippen molar-refractivity contribution in [1.82, 2.24) is 5.32 Å². The van der Waals surface area contributed by atoms with Crippen LogP contribution in [0.3, 0.4) is 0 Å². The average molecular weight is 332 g/mol. The summed E-state index contributed by atoms with van der Waals surface area (Å²) in [6, 6.07) is 5.27. The van der Waals surface area contributed by atoms with Gasteiger partial charge in [0.2, 0.25) is 11.8 Å². The largest absolute Gasteiger partial charge is 0.486 e. The molecule has 24 heavy (non-hydrogen) atoms. The molecule has 6 heteroatoms. The summed E-state index contributed by atoms with van der Waals surface area (Å²) >= 11 is 0. The molecular formula is C18H24N2O4. The van der Waals surface area contributed by atoms with Crippen LogP contribution in [0.4, 0.5) is 5.69 Å². The zero-order valence-electron chi connectivity index (χ0n) is 14.2. The van der Waals surface area contributed by atoms with Gasteiger partial charge >= 0.3 is 0 Å². The summed E-state index contributed by atoms with van der Waals surface area (Å²) in [6.45, 7) is 5.84. The molecule has 0 aromatic heterocycles. The van der Waals surface area contributed by atoms with Crippen LogP contribution in [-0.2, 0) is 9.59 Å². The summed E-state index contributed by atoms with van der Waals surface area (Å²) in [5.74, 6) is 1.39. The van der Waals surface area contributed by atoms with E-state index < -0.39 is 5.41 Å². The Balaban J connectivity index is 1.61.